The molecule has 1 saturated carbocycles. The number of ether oxygens (including phenoxy) is 1. The molecule has 1 N–H and O–H groups in total. The molecule has 0 radical (unpaired) electrons. The molecule has 6 rings (SSSR count). The molecule has 4 aromatic rings. The Morgan fingerprint density at radius 1 is 1.28 bits per heavy atom. The van der Waals surface area contributed by atoms with Crippen molar-refractivity contribution in [2.45, 2.75) is 49.6 Å². The average molecular weight is 466 g/mol. The molecule has 32 heavy (non-hydrogen) atoms. The van der Waals surface area contributed by atoms with Crippen LogP contribution < -0.4 is 10.1 Å². The third-order valence-electron chi connectivity index (χ3n) is 6.08. The molecule has 0 spiro atoms. The van der Waals surface area contributed by atoms with E-state index in [-0.39, 0.29) is 11.7 Å². The Kier molecular flexibility index (Phi) is 5.02. The van der Waals surface area contributed by atoms with Gasteiger partial charge in [-0.05, 0) is 56.2 Å². The molecule has 7 nitrogen and oxygen atoms in total. The van der Waals surface area contributed by atoms with Gasteiger partial charge in [-0.15, -0.1) is 21.5 Å². The monoisotopic (exact) mass is 465 g/mol. The fraction of sp³-hybridized carbons (Fsp3) is 0.391. The number of fused-ring (bicyclic) bond motifs is 5. The van der Waals surface area contributed by atoms with E-state index >= 15 is 0 Å². The number of carbonyl (C=O) groups is 1. The highest BCUT2D eigenvalue weighted by atomic mass is 32.2. The number of aromatic nitrogens is 4. The minimum absolute atomic E-state index is 0.0880. The highest BCUT2D eigenvalue weighted by Crippen LogP contribution is 2.44. The predicted octanol–water partition coefficient (Wildman–Crippen LogP) is 4.83. The first kappa shape index (κ1) is 20.0. The van der Waals surface area contributed by atoms with Gasteiger partial charge in [0.25, 0.3) is 0 Å². The third kappa shape index (κ3) is 3.53. The van der Waals surface area contributed by atoms with Crippen LogP contribution in [0.1, 0.15) is 47.9 Å². The van der Waals surface area contributed by atoms with Gasteiger partial charge in [0.1, 0.15) is 16.4 Å². The van der Waals surface area contributed by atoms with Crippen LogP contribution in [0.3, 0.4) is 0 Å². The summed E-state index contributed by atoms with van der Waals surface area (Å²) in [6.45, 7) is 0. The summed E-state index contributed by atoms with van der Waals surface area (Å²) < 4.78 is 7.34. The van der Waals surface area contributed by atoms with Crippen molar-refractivity contribution in [3.63, 3.8) is 0 Å². The van der Waals surface area contributed by atoms with Gasteiger partial charge in [0.2, 0.25) is 5.91 Å². The SMILES string of the molecule is COc1cccc(NC(=O)CSc2nnc3c4c5c(sc4nc(C4CC4)n23)CCCC5)c1. The summed E-state index contributed by atoms with van der Waals surface area (Å²) in [5, 5.41) is 13.9. The van der Waals surface area contributed by atoms with Crippen LogP contribution in [-0.2, 0) is 17.6 Å². The smallest absolute Gasteiger partial charge is 0.234 e. The number of amides is 1. The second-order valence-electron chi connectivity index (χ2n) is 8.35. The number of methoxy groups -OCH3 is 1. The summed E-state index contributed by atoms with van der Waals surface area (Å²) >= 11 is 3.24. The fourth-order valence-electron chi connectivity index (χ4n) is 4.39. The number of nitrogens with zero attached hydrogens (tertiary/aromatic N) is 4. The van der Waals surface area contributed by atoms with Crippen LogP contribution in [0.15, 0.2) is 29.4 Å². The van der Waals surface area contributed by atoms with E-state index in [2.05, 4.69) is 19.9 Å². The molecule has 1 fully saturated rings. The first-order chi connectivity index (χ1) is 15.7. The lowest BCUT2D eigenvalue weighted by Gasteiger charge is -2.11. The Morgan fingerprint density at radius 3 is 3.00 bits per heavy atom. The van der Waals surface area contributed by atoms with E-state index in [1.54, 1.807) is 13.2 Å². The summed E-state index contributed by atoms with van der Waals surface area (Å²) in [5.74, 6) is 2.38. The number of thiophene rings is 1. The molecular weight excluding hydrogens is 442 g/mol. The van der Waals surface area contributed by atoms with Crippen LogP contribution in [0.2, 0.25) is 0 Å². The lowest BCUT2D eigenvalue weighted by molar-refractivity contribution is -0.113. The van der Waals surface area contributed by atoms with Crippen molar-refractivity contribution < 1.29 is 9.53 Å². The van der Waals surface area contributed by atoms with Gasteiger partial charge in [0.15, 0.2) is 10.8 Å². The minimum atomic E-state index is -0.0880. The zero-order valence-electron chi connectivity index (χ0n) is 17.8. The van der Waals surface area contributed by atoms with Crippen LogP contribution in [-0.4, -0.2) is 38.4 Å². The molecule has 0 bridgehead atoms. The molecule has 0 saturated heterocycles. The van der Waals surface area contributed by atoms with Crippen LogP contribution in [0.4, 0.5) is 5.69 Å². The van der Waals surface area contributed by atoms with Crippen molar-refractivity contribution in [3.05, 3.63) is 40.5 Å². The van der Waals surface area contributed by atoms with E-state index in [0.717, 1.165) is 47.1 Å². The Hall–Kier alpha value is -2.65. The molecule has 9 heteroatoms. The molecule has 1 aromatic carbocycles. The number of aryl methyl sites for hydroxylation is 2. The van der Waals surface area contributed by atoms with Crippen LogP contribution in [0.5, 0.6) is 5.75 Å². The molecule has 0 atom stereocenters. The number of hydrogen-bond donors (Lipinski definition) is 1. The summed E-state index contributed by atoms with van der Waals surface area (Å²) in [6, 6.07) is 7.36. The summed E-state index contributed by atoms with van der Waals surface area (Å²) in [4.78, 5) is 20.2. The summed E-state index contributed by atoms with van der Waals surface area (Å²) in [5.41, 5.74) is 3.04. The highest BCUT2D eigenvalue weighted by molar-refractivity contribution is 7.99. The Bertz CT molecular complexity index is 1340. The van der Waals surface area contributed by atoms with E-state index in [1.165, 1.54) is 40.4 Å². The minimum Gasteiger partial charge on any atom is -0.497 e. The number of rotatable bonds is 6. The molecule has 2 aliphatic rings. The van der Waals surface area contributed by atoms with Crippen molar-refractivity contribution >= 4 is 50.6 Å². The molecule has 3 aromatic heterocycles. The van der Waals surface area contributed by atoms with Crippen molar-refractivity contribution in [2.24, 2.45) is 0 Å². The Morgan fingerprint density at radius 2 is 2.16 bits per heavy atom. The summed E-state index contributed by atoms with van der Waals surface area (Å²) in [7, 11) is 1.61. The maximum absolute atomic E-state index is 12.6. The van der Waals surface area contributed by atoms with Gasteiger partial charge in [-0.1, -0.05) is 17.8 Å². The topological polar surface area (TPSA) is 81.4 Å². The molecule has 0 aliphatic heterocycles. The van der Waals surface area contributed by atoms with Gasteiger partial charge < -0.3 is 10.1 Å². The Labute approximate surface area is 193 Å². The van der Waals surface area contributed by atoms with E-state index in [4.69, 9.17) is 9.72 Å². The van der Waals surface area contributed by atoms with E-state index < -0.39 is 0 Å². The lowest BCUT2D eigenvalue weighted by atomic mass is 9.97. The quantitative estimate of drug-likeness (QED) is 0.411. The summed E-state index contributed by atoms with van der Waals surface area (Å²) in [6.07, 6.45) is 7.00. The number of nitrogens with one attached hydrogen (secondary N) is 1. The van der Waals surface area contributed by atoms with Gasteiger partial charge in [0.05, 0.1) is 18.2 Å². The van der Waals surface area contributed by atoms with Crippen molar-refractivity contribution in [3.8, 4) is 5.75 Å². The zero-order chi connectivity index (χ0) is 21.7. The second-order valence-corrected chi connectivity index (χ2v) is 10.4. The first-order valence-corrected chi connectivity index (χ1v) is 12.8. The van der Waals surface area contributed by atoms with Crippen LogP contribution in [0, 0.1) is 0 Å². The largest absolute Gasteiger partial charge is 0.497 e. The van der Waals surface area contributed by atoms with E-state index in [0.29, 0.717) is 17.4 Å². The molecule has 0 unspecified atom stereocenters. The standard InChI is InChI=1S/C23H23N5O2S2/c1-30-15-6-4-5-14(11-15)24-18(29)12-31-23-27-26-21-19-16-7-2-3-8-17(16)32-22(19)25-20(28(21)23)13-9-10-13/h4-6,11,13H,2-3,7-10,12H2,1H3,(H,24,29). The number of thioether (sulfide) groups is 1. The molecule has 3 heterocycles. The molecule has 2 aliphatic carbocycles. The molecule has 1 amide bonds. The van der Waals surface area contributed by atoms with Crippen LogP contribution >= 0.6 is 23.1 Å². The van der Waals surface area contributed by atoms with Gasteiger partial charge in [0, 0.05) is 22.5 Å². The fourth-order valence-corrected chi connectivity index (χ4v) is 6.39. The number of benzene rings is 1. The van der Waals surface area contributed by atoms with E-state index in [9.17, 15) is 4.79 Å². The second kappa shape index (κ2) is 8.04. The van der Waals surface area contributed by atoms with Gasteiger partial charge in [-0.2, -0.15) is 0 Å². The van der Waals surface area contributed by atoms with Gasteiger partial charge in [-0.3, -0.25) is 9.20 Å². The highest BCUT2D eigenvalue weighted by Gasteiger charge is 2.32. The molecular formula is C23H23N5O2S2. The Balaban J connectivity index is 1.31. The van der Waals surface area contributed by atoms with Crippen LogP contribution in [0.25, 0.3) is 15.9 Å². The normalized spacial score (nSPS) is 15.8. The van der Waals surface area contributed by atoms with Crippen molar-refractivity contribution in [1.29, 1.82) is 0 Å². The number of carbonyl (C=O) groups excluding carboxylic acids is 1. The zero-order valence-corrected chi connectivity index (χ0v) is 19.4. The first-order valence-electron chi connectivity index (χ1n) is 11.0. The third-order valence-corrected chi connectivity index (χ3v) is 8.20. The number of anilines is 1. The lowest BCUT2D eigenvalue weighted by Crippen LogP contribution is -2.14. The van der Waals surface area contributed by atoms with E-state index in [1.807, 2.05) is 29.5 Å². The van der Waals surface area contributed by atoms with Crippen molar-refractivity contribution in [1.82, 2.24) is 19.6 Å². The van der Waals surface area contributed by atoms with Gasteiger partial charge in [-0.25, -0.2) is 4.98 Å². The average Bonchev–Trinajstić information content (AvgIpc) is 3.46. The predicted molar refractivity (Wildman–Crippen MR) is 127 cm³/mol. The maximum Gasteiger partial charge on any atom is 0.234 e. The van der Waals surface area contributed by atoms with Crippen molar-refractivity contribution in [2.75, 3.05) is 18.2 Å². The maximum atomic E-state index is 12.6. The number of hydrogen-bond acceptors (Lipinski definition) is 7. The molecule has 164 valence electrons. The van der Waals surface area contributed by atoms with Gasteiger partial charge >= 0.3 is 0 Å².